The van der Waals surface area contributed by atoms with Gasteiger partial charge in [-0.25, -0.2) is 0 Å². The van der Waals surface area contributed by atoms with Gasteiger partial charge in [0.1, 0.15) is 0 Å². The molecular weight excluding hydrogens is 357 g/mol. The highest BCUT2D eigenvalue weighted by Crippen LogP contribution is 2.36. The lowest BCUT2D eigenvalue weighted by molar-refractivity contribution is -0.143. The fraction of sp³-hybridized carbons (Fsp3) is 0.529. The number of amides is 2. The molecule has 0 aromatic heterocycles. The number of nitrogens with one attached hydrogen (secondary N) is 1. The van der Waals surface area contributed by atoms with Crippen molar-refractivity contribution in [2.24, 2.45) is 11.8 Å². The van der Waals surface area contributed by atoms with Gasteiger partial charge < -0.3 is 10.2 Å². The molecule has 0 radical (unpaired) electrons. The molecule has 0 spiro atoms. The van der Waals surface area contributed by atoms with Gasteiger partial charge in [-0.2, -0.15) is 13.2 Å². The van der Waals surface area contributed by atoms with E-state index in [9.17, 15) is 22.8 Å². The Labute approximate surface area is 150 Å². The minimum atomic E-state index is -4.65. The third-order valence-corrected chi connectivity index (χ3v) is 3.51. The van der Waals surface area contributed by atoms with Crippen molar-refractivity contribution >= 4 is 29.1 Å². The first-order valence-electron chi connectivity index (χ1n) is 7.88. The highest BCUT2D eigenvalue weighted by molar-refractivity contribution is 6.39. The lowest BCUT2D eigenvalue weighted by Crippen LogP contribution is -2.43. The van der Waals surface area contributed by atoms with Gasteiger partial charge in [0.15, 0.2) is 0 Å². The number of halogens is 4. The smallest absolute Gasteiger partial charge is 0.334 e. The first kappa shape index (κ1) is 21.3. The molecule has 0 fully saturated rings. The van der Waals surface area contributed by atoms with Crippen LogP contribution >= 0.6 is 11.6 Å². The molecule has 1 aromatic carbocycles. The largest absolute Gasteiger partial charge is 0.417 e. The lowest BCUT2D eigenvalue weighted by Gasteiger charge is -2.25. The number of nitrogens with zero attached hydrogens (tertiary/aromatic N) is 1. The Balaban J connectivity index is 2.94. The molecule has 4 nitrogen and oxygen atoms in total. The maximum atomic E-state index is 12.9. The summed E-state index contributed by atoms with van der Waals surface area (Å²) in [5, 5.41) is 1.75. The molecule has 0 unspecified atom stereocenters. The van der Waals surface area contributed by atoms with Crippen molar-refractivity contribution in [1.82, 2.24) is 4.90 Å². The molecule has 0 bridgehead atoms. The Kier molecular flexibility index (Phi) is 7.29. The van der Waals surface area contributed by atoms with Crippen LogP contribution in [-0.2, 0) is 15.8 Å². The van der Waals surface area contributed by atoms with Crippen molar-refractivity contribution in [3.8, 4) is 0 Å². The molecule has 1 aromatic rings. The standard InChI is InChI=1S/C17H22ClF3N2O2/c1-10(2)8-23(9-11(3)4)16(25)15(24)22-12-5-6-14(18)13(7-12)17(19,20)21/h5-7,10-11H,8-9H2,1-4H3,(H,22,24). The lowest BCUT2D eigenvalue weighted by atomic mass is 10.1. The van der Waals surface area contributed by atoms with Gasteiger partial charge in [-0.3, -0.25) is 9.59 Å². The number of benzene rings is 1. The normalized spacial score (nSPS) is 11.8. The zero-order chi connectivity index (χ0) is 19.4. The highest BCUT2D eigenvalue weighted by Gasteiger charge is 2.33. The van der Waals surface area contributed by atoms with Crippen LogP contribution in [0.15, 0.2) is 18.2 Å². The van der Waals surface area contributed by atoms with Crippen LogP contribution in [-0.4, -0.2) is 29.8 Å². The summed E-state index contributed by atoms with van der Waals surface area (Å²) in [6, 6.07) is 2.96. The molecule has 1 rings (SSSR count). The van der Waals surface area contributed by atoms with E-state index in [2.05, 4.69) is 5.32 Å². The number of carbonyl (C=O) groups is 2. The van der Waals surface area contributed by atoms with Gasteiger partial charge in [0.2, 0.25) is 0 Å². The molecule has 0 aliphatic rings. The second-order valence-electron chi connectivity index (χ2n) is 6.64. The summed E-state index contributed by atoms with van der Waals surface area (Å²) in [5.41, 5.74) is -1.20. The van der Waals surface area contributed by atoms with Crippen LogP contribution in [0.4, 0.5) is 18.9 Å². The summed E-state index contributed by atoms with van der Waals surface area (Å²) >= 11 is 5.54. The minimum absolute atomic E-state index is 0.135. The van der Waals surface area contributed by atoms with Crippen molar-refractivity contribution in [2.75, 3.05) is 18.4 Å². The van der Waals surface area contributed by atoms with Gasteiger partial charge in [0, 0.05) is 18.8 Å². The minimum Gasteiger partial charge on any atom is -0.334 e. The number of carbonyl (C=O) groups excluding carboxylic acids is 2. The maximum Gasteiger partial charge on any atom is 0.417 e. The summed E-state index contributed by atoms with van der Waals surface area (Å²) < 4.78 is 38.6. The molecule has 140 valence electrons. The number of hydrogen-bond acceptors (Lipinski definition) is 2. The van der Waals surface area contributed by atoms with Gasteiger partial charge in [0.05, 0.1) is 10.6 Å². The van der Waals surface area contributed by atoms with Crippen LogP contribution in [0.5, 0.6) is 0 Å². The Bertz CT molecular complexity index is 621. The van der Waals surface area contributed by atoms with E-state index in [1.54, 1.807) is 0 Å². The molecule has 0 saturated carbocycles. The van der Waals surface area contributed by atoms with E-state index in [0.717, 1.165) is 6.07 Å². The van der Waals surface area contributed by atoms with Gasteiger partial charge in [-0.15, -0.1) is 0 Å². The van der Waals surface area contributed by atoms with Crippen LogP contribution in [0, 0.1) is 11.8 Å². The Morgan fingerprint density at radius 2 is 1.64 bits per heavy atom. The van der Waals surface area contributed by atoms with Crippen molar-refractivity contribution in [1.29, 1.82) is 0 Å². The highest BCUT2D eigenvalue weighted by atomic mass is 35.5. The molecule has 8 heteroatoms. The molecule has 0 atom stereocenters. The zero-order valence-electron chi connectivity index (χ0n) is 14.6. The number of rotatable bonds is 5. The van der Waals surface area contributed by atoms with E-state index >= 15 is 0 Å². The summed E-state index contributed by atoms with van der Waals surface area (Å²) in [4.78, 5) is 25.9. The van der Waals surface area contributed by atoms with E-state index in [0.29, 0.717) is 19.2 Å². The van der Waals surface area contributed by atoms with E-state index in [1.165, 1.54) is 11.0 Å². The second kappa shape index (κ2) is 8.56. The SMILES string of the molecule is CC(C)CN(CC(C)C)C(=O)C(=O)Nc1ccc(Cl)c(C(F)(F)F)c1. The quantitative estimate of drug-likeness (QED) is 0.770. The summed E-state index contributed by atoms with van der Waals surface area (Å²) in [6.07, 6.45) is -4.65. The Hall–Kier alpha value is -1.76. The third-order valence-electron chi connectivity index (χ3n) is 3.18. The molecule has 2 amide bonds. The molecule has 0 saturated heterocycles. The van der Waals surface area contributed by atoms with Gasteiger partial charge in [0.25, 0.3) is 0 Å². The van der Waals surface area contributed by atoms with Crippen LogP contribution < -0.4 is 5.32 Å². The van der Waals surface area contributed by atoms with Crippen LogP contribution in [0.3, 0.4) is 0 Å². The van der Waals surface area contributed by atoms with E-state index < -0.39 is 28.6 Å². The van der Waals surface area contributed by atoms with Crippen LogP contribution in [0.1, 0.15) is 33.3 Å². The zero-order valence-corrected chi connectivity index (χ0v) is 15.3. The third kappa shape index (κ3) is 6.57. The van der Waals surface area contributed by atoms with Crippen molar-refractivity contribution in [3.63, 3.8) is 0 Å². The van der Waals surface area contributed by atoms with Crippen molar-refractivity contribution in [3.05, 3.63) is 28.8 Å². The molecule has 1 N–H and O–H groups in total. The first-order chi connectivity index (χ1) is 11.4. The van der Waals surface area contributed by atoms with Gasteiger partial charge in [-0.1, -0.05) is 39.3 Å². The van der Waals surface area contributed by atoms with Crippen LogP contribution in [0.2, 0.25) is 5.02 Å². The van der Waals surface area contributed by atoms with Gasteiger partial charge in [-0.05, 0) is 30.0 Å². The molecule has 0 aliphatic heterocycles. The van der Waals surface area contributed by atoms with E-state index in [-0.39, 0.29) is 17.5 Å². The number of hydrogen-bond donors (Lipinski definition) is 1. The monoisotopic (exact) mass is 378 g/mol. The Morgan fingerprint density at radius 3 is 2.08 bits per heavy atom. The predicted molar refractivity (Wildman–Crippen MR) is 91.3 cm³/mol. The van der Waals surface area contributed by atoms with Crippen molar-refractivity contribution < 1.29 is 22.8 Å². The van der Waals surface area contributed by atoms with Crippen LogP contribution in [0.25, 0.3) is 0 Å². The topological polar surface area (TPSA) is 49.4 Å². The average Bonchev–Trinajstić information content (AvgIpc) is 2.45. The van der Waals surface area contributed by atoms with Crippen molar-refractivity contribution in [2.45, 2.75) is 33.9 Å². The maximum absolute atomic E-state index is 12.9. The first-order valence-corrected chi connectivity index (χ1v) is 8.26. The second-order valence-corrected chi connectivity index (χ2v) is 7.05. The fourth-order valence-electron chi connectivity index (χ4n) is 2.27. The average molecular weight is 379 g/mol. The molecule has 0 aliphatic carbocycles. The summed E-state index contributed by atoms with van der Waals surface area (Å²) in [6.45, 7) is 8.42. The molecule has 0 heterocycles. The Morgan fingerprint density at radius 1 is 1.12 bits per heavy atom. The summed E-state index contributed by atoms with van der Waals surface area (Å²) in [7, 11) is 0. The van der Waals surface area contributed by atoms with E-state index in [4.69, 9.17) is 11.6 Å². The predicted octanol–water partition coefficient (Wildman–Crippen LogP) is 4.44. The number of alkyl halides is 3. The van der Waals surface area contributed by atoms with Gasteiger partial charge >= 0.3 is 18.0 Å². The molecule has 25 heavy (non-hydrogen) atoms. The number of anilines is 1. The summed E-state index contributed by atoms with van der Waals surface area (Å²) in [5.74, 6) is -1.44. The fourth-order valence-corrected chi connectivity index (χ4v) is 2.50. The molecular formula is C17H22ClF3N2O2. The van der Waals surface area contributed by atoms with E-state index in [1.807, 2.05) is 27.7 Å².